The Kier molecular flexibility index (Phi) is 7.45. The van der Waals surface area contributed by atoms with Crippen LogP contribution in [0.5, 0.6) is 5.75 Å². The maximum absolute atomic E-state index is 13.3. The number of carbonyl (C=O) groups is 2. The van der Waals surface area contributed by atoms with Crippen molar-refractivity contribution in [2.24, 2.45) is 0 Å². The van der Waals surface area contributed by atoms with E-state index in [0.29, 0.717) is 11.3 Å². The Morgan fingerprint density at radius 2 is 1.59 bits per heavy atom. The number of hydrogen-bond donors (Lipinski definition) is 1. The summed E-state index contributed by atoms with van der Waals surface area (Å²) in [5.41, 5.74) is 3.34. The van der Waals surface area contributed by atoms with Crippen LogP contribution in [0.15, 0.2) is 73.3 Å². The molecule has 5 heteroatoms. The van der Waals surface area contributed by atoms with Crippen LogP contribution in [0.3, 0.4) is 0 Å². The monoisotopic (exact) mass is 429 g/mol. The quantitative estimate of drug-likeness (QED) is 0.420. The lowest BCUT2D eigenvalue weighted by atomic mass is 9.97. The summed E-state index contributed by atoms with van der Waals surface area (Å²) in [5.74, 6) is -1.10. The first-order chi connectivity index (χ1) is 15.5. The summed E-state index contributed by atoms with van der Waals surface area (Å²) in [5, 5.41) is 9.51. The van der Waals surface area contributed by atoms with Crippen LogP contribution < -0.4 is 9.64 Å². The van der Waals surface area contributed by atoms with Crippen molar-refractivity contribution < 1.29 is 19.4 Å². The molecule has 32 heavy (non-hydrogen) atoms. The number of nitrogens with zero attached hydrogens (tertiary/aromatic N) is 1. The van der Waals surface area contributed by atoms with Crippen molar-refractivity contribution in [1.82, 2.24) is 0 Å². The average Bonchev–Trinajstić information content (AvgIpc) is 2.83. The Balaban J connectivity index is 1.99. The molecule has 0 amide bonds. The minimum atomic E-state index is -1.14. The van der Waals surface area contributed by atoms with Crippen LogP contribution >= 0.6 is 0 Å². The molecular formula is C27H27NO4. The number of ketones is 1. The molecule has 3 aromatic rings. The predicted octanol–water partition coefficient (Wildman–Crippen LogP) is 5.68. The Morgan fingerprint density at radius 3 is 2.19 bits per heavy atom. The normalized spacial score (nSPS) is 10.4. The summed E-state index contributed by atoms with van der Waals surface area (Å²) in [7, 11) is 0. The summed E-state index contributed by atoms with van der Waals surface area (Å²) in [6.07, 6.45) is 1.77. The van der Waals surface area contributed by atoms with Gasteiger partial charge < -0.3 is 14.7 Å². The molecule has 0 bridgehead atoms. The molecule has 1 N–H and O–H groups in total. The van der Waals surface area contributed by atoms with Gasteiger partial charge in [0.2, 0.25) is 0 Å². The SMILES string of the molecule is C=Cc1ccc(COc2cc(N(CC)CC)ccc2C(=O)c2ccccc2C(=O)O)cc1. The van der Waals surface area contributed by atoms with Crippen LogP contribution in [0.4, 0.5) is 5.69 Å². The van der Waals surface area contributed by atoms with Gasteiger partial charge in [-0.2, -0.15) is 0 Å². The summed E-state index contributed by atoms with van der Waals surface area (Å²) in [6, 6.07) is 19.5. The molecule has 0 saturated carbocycles. The fraction of sp³-hybridized carbons (Fsp3) is 0.185. The lowest BCUT2D eigenvalue weighted by Crippen LogP contribution is -2.22. The number of carboxylic acids is 1. The molecule has 0 radical (unpaired) electrons. The van der Waals surface area contributed by atoms with E-state index in [1.165, 1.54) is 12.1 Å². The highest BCUT2D eigenvalue weighted by Crippen LogP contribution is 2.29. The zero-order valence-electron chi connectivity index (χ0n) is 18.4. The van der Waals surface area contributed by atoms with Gasteiger partial charge in [-0.3, -0.25) is 4.79 Å². The highest BCUT2D eigenvalue weighted by atomic mass is 16.5. The summed E-state index contributed by atoms with van der Waals surface area (Å²) in [6.45, 7) is 9.79. The van der Waals surface area contributed by atoms with E-state index in [1.54, 1.807) is 24.3 Å². The van der Waals surface area contributed by atoms with E-state index in [-0.39, 0.29) is 23.5 Å². The molecule has 0 fully saturated rings. The van der Waals surface area contributed by atoms with Crippen LogP contribution in [0, 0.1) is 0 Å². The van der Waals surface area contributed by atoms with E-state index in [0.717, 1.165) is 29.9 Å². The first-order valence-electron chi connectivity index (χ1n) is 10.6. The third-order valence-corrected chi connectivity index (χ3v) is 5.35. The van der Waals surface area contributed by atoms with E-state index in [1.807, 2.05) is 36.4 Å². The first kappa shape index (κ1) is 22.8. The second kappa shape index (κ2) is 10.4. The van der Waals surface area contributed by atoms with Crippen LogP contribution in [-0.4, -0.2) is 29.9 Å². The summed E-state index contributed by atoms with van der Waals surface area (Å²) < 4.78 is 6.10. The topological polar surface area (TPSA) is 66.8 Å². The number of carboxylic acid groups (broad SMARTS) is 1. The molecule has 0 unspecified atom stereocenters. The number of carbonyl (C=O) groups excluding carboxylic acids is 1. The second-order valence-electron chi connectivity index (χ2n) is 7.27. The van der Waals surface area contributed by atoms with Crippen molar-refractivity contribution >= 4 is 23.5 Å². The van der Waals surface area contributed by atoms with Crippen LogP contribution in [0.1, 0.15) is 51.3 Å². The van der Waals surface area contributed by atoms with Crippen molar-refractivity contribution in [3.63, 3.8) is 0 Å². The van der Waals surface area contributed by atoms with Gasteiger partial charge in [0.1, 0.15) is 12.4 Å². The van der Waals surface area contributed by atoms with Crippen LogP contribution in [0.25, 0.3) is 6.08 Å². The number of benzene rings is 3. The molecule has 0 spiro atoms. The minimum Gasteiger partial charge on any atom is -0.488 e. The zero-order valence-corrected chi connectivity index (χ0v) is 18.4. The first-order valence-corrected chi connectivity index (χ1v) is 10.6. The summed E-state index contributed by atoms with van der Waals surface area (Å²) >= 11 is 0. The Bertz CT molecular complexity index is 1110. The molecule has 0 saturated heterocycles. The van der Waals surface area contributed by atoms with Gasteiger partial charge in [-0.25, -0.2) is 4.79 Å². The molecule has 164 valence electrons. The number of hydrogen-bond acceptors (Lipinski definition) is 4. The van der Waals surface area contributed by atoms with Gasteiger partial charge in [-0.15, -0.1) is 0 Å². The number of aromatic carboxylic acids is 1. The van der Waals surface area contributed by atoms with E-state index in [9.17, 15) is 14.7 Å². The third kappa shape index (κ3) is 5.06. The van der Waals surface area contributed by atoms with Crippen molar-refractivity contribution in [2.75, 3.05) is 18.0 Å². The van der Waals surface area contributed by atoms with Gasteiger partial charge in [-0.1, -0.05) is 55.1 Å². The number of anilines is 1. The molecule has 0 aliphatic carbocycles. The Morgan fingerprint density at radius 1 is 0.938 bits per heavy atom. The maximum Gasteiger partial charge on any atom is 0.336 e. The lowest BCUT2D eigenvalue weighted by Gasteiger charge is -2.23. The third-order valence-electron chi connectivity index (χ3n) is 5.35. The molecule has 0 heterocycles. The molecular weight excluding hydrogens is 402 g/mol. The largest absolute Gasteiger partial charge is 0.488 e. The van der Waals surface area contributed by atoms with E-state index in [4.69, 9.17) is 4.74 Å². The Hall–Kier alpha value is -3.86. The molecule has 3 aromatic carbocycles. The lowest BCUT2D eigenvalue weighted by molar-refractivity contribution is 0.0692. The minimum absolute atomic E-state index is 0.0312. The smallest absolute Gasteiger partial charge is 0.336 e. The fourth-order valence-electron chi connectivity index (χ4n) is 3.53. The van der Waals surface area contributed by atoms with Crippen LogP contribution in [0.2, 0.25) is 0 Å². The van der Waals surface area contributed by atoms with Crippen molar-refractivity contribution in [3.8, 4) is 5.75 Å². The van der Waals surface area contributed by atoms with Gasteiger partial charge in [0, 0.05) is 30.4 Å². The molecule has 0 aliphatic heterocycles. The van der Waals surface area contributed by atoms with Crippen LogP contribution in [-0.2, 0) is 6.61 Å². The Labute approximate surface area is 188 Å². The van der Waals surface area contributed by atoms with Gasteiger partial charge in [-0.05, 0) is 43.2 Å². The molecule has 5 nitrogen and oxygen atoms in total. The average molecular weight is 430 g/mol. The second-order valence-corrected chi connectivity index (χ2v) is 7.27. The molecule has 0 aliphatic rings. The predicted molar refractivity (Wildman–Crippen MR) is 128 cm³/mol. The van der Waals surface area contributed by atoms with E-state index < -0.39 is 5.97 Å². The molecule has 0 atom stereocenters. The van der Waals surface area contributed by atoms with Crippen molar-refractivity contribution in [3.05, 3.63) is 101 Å². The standard InChI is InChI=1S/C27H27NO4/c1-4-19-11-13-20(14-12-19)18-32-25-17-21(28(5-2)6-3)15-16-24(25)26(29)22-9-7-8-10-23(22)27(30)31/h4,7-17H,1,5-6,18H2,2-3H3,(H,30,31). The highest BCUT2D eigenvalue weighted by Gasteiger charge is 2.21. The van der Waals surface area contributed by atoms with Crippen molar-refractivity contribution in [1.29, 1.82) is 0 Å². The van der Waals surface area contributed by atoms with E-state index >= 15 is 0 Å². The number of ether oxygens (including phenoxy) is 1. The highest BCUT2D eigenvalue weighted by molar-refractivity contribution is 6.15. The fourth-order valence-corrected chi connectivity index (χ4v) is 3.53. The summed E-state index contributed by atoms with van der Waals surface area (Å²) in [4.78, 5) is 27.1. The van der Waals surface area contributed by atoms with Gasteiger partial charge >= 0.3 is 5.97 Å². The van der Waals surface area contributed by atoms with Gasteiger partial charge in [0.15, 0.2) is 5.78 Å². The molecule has 0 aromatic heterocycles. The molecule has 3 rings (SSSR count). The zero-order chi connectivity index (χ0) is 23.1. The number of rotatable bonds is 10. The maximum atomic E-state index is 13.3. The van der Waals surface area contributed by atoms with Gasteiger partial charge in [0.25, 0.3) is 0 Å². The van der Waals surface area contributed by atoms with Gasteiger partial charge in [0.05, 0.1) is 11.1 Å². The van der Waals surface area contributed by atoms with E-state index in [2.05, 4.69) is 25.3 Å². The van der Waals surface area contributed by atoms with Crippen molar-refractivity contribution in [2.45, 2.75) is 20.5 Å².